The molecule has 7 nitrogen and oxygen atoms in total. The summed E-state index contributed by atoms with van der Waals surface area (Å²) in [5.41, 5.74) is 6.37. The molecule has 0 radical (unpaired) electrons. The minimum atomic E-state index is -1.65. The van der Waals surface area contributed by atoms with Crippen LogP contribution in [-0.4, -0.2) is 34.0 Å². The normalized spacial score (nSPS) is 14.3. The summed E-state index contributed by atoms with van der Waals surface area (Å²) in [7, 11) is 0. The monoisotopic (exact) mass is 266 g/mol. The van der Waals surface area contributed by atoms with Crippen LogP contribution in [0.2, 0.25) is 0 Å². The van der Waals surface area contributed by atoms with Gasteiger partial charge in [-0.3, -0.25) is 0 Å². The molecule has 0 amide bonds. The van der Waals surface area contributed by atoms with Crippen LogP contribution in [0.3, 0.4) is 0 Å². The van der Waals surface area contributed by atoms with Gasteiger partial charge in [0.05, 0.1) is 12.0 Å². The highest BCUT2D eigenvalue weighted by molar-refractivity contribution is 5.87. The quantitative estimate of drug-likeness (QED) is 0.684. The fraction of sp³-hybridized carbons (Fsp3) is 0.333. The maximum Gasteiger partial charge on any atom is 0.338 e. The Morgan fingerprint density at radius 2 is 2.26 bits per heavy atom. The van der Waals surface area contributed by atoms with E-state index in [1.54, 1.807) is 13.0 Å². The summed E-state index contributed by atoms with van der Waals surface area (Å²) < 4.78 is 9.56. The third-order valence-corrected chi connectivity index (χ3v) is 2.69. The van der Waals surface area contributed by atoms with E-state index in [-0.39, 0.29) is 12.4 Å². The van der Waals surface area contributed by atoms with Gasteiger partial charge in [-0.1, -0.05) is 11.2 Å². The van der Waals surface area contributed by atoms with Gasteiger partial charge in [0, 0.05) is 0 Å². The molecule has 1 aromatic heterocycles. The van der Waals surface area contributed by atoms with E-state index >= 15 is 0 Å². The molecule has 0 fully saturated rings. The molecule has 0 bridgehead atoms. The summed E-state index contributed by atoms with van der Waals surface area (Å²) in [6.07, 6.45) is -3.06. The number of aliphatic hydroxyl groups is 2. The highest BCUT2D eigenvalue weighted by Gasteiger charge is 2.27. The summed E-state index contributed by atoms with van der Waals surface area (Å²) >= 11 is 0. The molecule has 7 heteroatoms. The molecule has 2 unspecified atom stereocenters. The molecule has 0 aliphatic carbocycles. The summed E-state index contributed by atoms with van der Waals surface area (Å²) in [5.74, 6) is -0.705. The number of aromatic nitrogens is 1. The van der Waals surface area contributed by atoms with Crippen LogP contribution >= 0.6 is 0 Å². The zero-order chi connectivity index (χ0) is 14.0. The number of hydrogen-bond acceptors (Lipinski definition) is 7. The Labute approximate surface area is 108 Å². The highest BCUT2D eigenvalue weighted by atomic mass is 16.5. The molecule has 0 aliphatic rings. The number of nitrogen functional groups attached to an aromatic ring is 1. The van der Waals surface area contributed by atoms with Crippen molar-refractivity contribution in [3.8, 4) is 0 Å². The maximum absolute atomic E-state index is 11.4. The van der Waals surface area contributed by atoms with Crippen LogP contribution in [0.5, 0.6) is 0 Å². The zero-order valence-corrected chi connectivity index (χ0v) is 10.2. The largest absolute Gasteiger partial charge is 0.464 e. The van der Waals surface area contributed by atoms with E-state index in [1.165, 1.54) is 12.1 Å². The predicted octanol–water partition coefficient (Wildman–Crippen LogP) is 0.367. The van der Waals surface area contributed by atoms with Crippen molar-refractivity contribution in [2.24, 2.45) is 0 Å². The SMILES string of the molecule is CCOC(=O)C(O)C(O)c1ccc2onc(N)c2c1. The lowest BCUT2D eigenvalue weighted by Crippen LogP contribution is -2.29. The molecule has 2 aromatic rings. The third kappa shape index (κ3) is 2.51. The Balaban J connectivity index is 2.27. The summed E-state index contributed by atoms with van der Waals surface area (Å²) in [4.78, 5) is 11.4. The van der Waals surface area contributed by atoms with Crippen molar-refractivity contribution in [2.45, 2.75) is 19.1 Å². The van der Waals surface area contributed by atoms with Gasteiger partial charge in [-0.25, -0.2) is 4.79 Å². The Bertz CT molecular complexity index is 595. The van der Waals surface area contributed by atoms with Crippen LogP contribution in [0.15, 0.2) is 22.7 Å². The van der Waals surface area contributed by atoms with E-state index in [1.807, 2.05) is 0 Å². The number of ether oxygens (including phenoxy) is 1. The van der Waals surface area contributed by atoms with Gasteiger partial charge in [-0.2, -0.15) is 0 Å². The lowest BCUT2D eigenvalue weighted by molar-refractivity contribution is -0.159. The minimum Gasteiger partial charge on any atom is -0.464 e. The van der Waals surface area contributed by atoms with Crippen LogP contribution in [0.4, 0.5) is 5.82 Å². The van der Waals surface area contributed by atoms with Crippen LogP contribution in [0.25, 0.3) is 11.0 Å². The molecule has 0 saturated carbocycles. The minimum absolute atomic E-state index is 0.125. The first kappa shape index (κ1) is 13.3. The fourth-order valence-electron chi connectivity index (χ4n) is 1.70. The molecule has 2 rings (SSSR count). The number of benzene rings is 1. The fourth-order valence-corrected chi connectivity index (χ4v) is 1.70. The molecule has 102 valence electrons. The second-order valence-corrected chi connectivity index (χ2v) is 3.97. The number of nitrogens with two attached hydrogens (primary N) is 1. The second-order valence-electron chi connectivity index (χ2n) is 3.97. The Morgan fingerprint density at radius 3 is 2.95 bits per heavy atom. The molecular formula is C12H14N2O5. The van der Waals surface area contributed by atoms with Crippen molar-refractivity contribution in [2.75, 3.05) is 12.3 Å². The van der Waals surface area contributed by atoms with Crippen molar-refractivity contribution in [1.29, 1.82) is 0 Å². The van der Waals surface area contributed by atoms with Gasteiger partial charge in [0.15, 0.2) is 17.5 Å². The average molecular weight is 266 g/mol. The number of rotatable bonds is 4. The average Bonchev–Trinajstić information content (AvgIpc) is 2.78. The maximum atomic E-state index is 11.4. The molecule has 2 atom stereocenters. The van der Waals surface area contributed by atoms with E-state index in [0.717, 1.165) is 0 Å². The first-order chi connectivity index (χ1) is 9.04. The van der Waals surface area contributed by atoms with E-state index in [2.05, 4.69) is 9.89 Å². The number of fused-ring (bicyclic) bond motifs is 1. The zero-order valence-electron chi connectivity index (χ0n) is 10.2. The molecule has 4 N–H and O–H groups in total. The number of hydrogen-bond donors (Lipinski definition) is 3. The molecule has 1 heterocycles. The molecule has 0 saturated heterocycles. The standard InChI is InChI=1S/C12H14N2O5/c1-2-18-12(17)10(16)9(15)6-3-4-8-7(5-6)11(13)14-19-8/h3-5,9-10,15-16H,2H2,1H3,(H2,13,14). The molecular weight excluding hydrogens is 252 g/mol. The second kappa shape index (κ2) is 5.25. The molecule has 0 aliphatic heterocycles. The molecule has 1 aromatic carbocycles. The van der Waals surface area contributed by atoms with Crippen LogP contribution in [0, 0.1) is 0 Å². The Morgan fingerprint density at radius 1 is 1.53 bits per heavy atom. The van der Waals surface area contributed by atoms with Gasteiger partial charge >= 0.3 is 5.97 Å². The lowest BCUT2D eigenvalue weighted by Gasteiger charge is -2.16. The number of carbonyl (C=O) groups is 1. The number of aliphatic hydroxyl groups excluding tert-OH is 2. The van der Waals surface area contributed by atoms with E-state index in [4.69, 9.17) is 10.3 Å². The first-order valence-corrected chi connectivity index (χ1v) is 5.72. The predicted molar refractivity (Wildman–Crippen MR) is 66.0 cm³/mol. The van der Waals surface area contributed by atoms with Crippen LogP contribution < -0.4 is 5.73 Å². The van der Waals surface area contributed by atoms with Gasteiger partial charge in [0.1, 0.15) is 6.10 Å². The van der Waals surface area contributed by atoms with Crippen LogP contribution in [-0.2, 0) is 9.53 Å². The highest BCUT2D eigenvalue weighted by Crippen LogP contribution is 2.26. The van der Waals surface area contributed by atoms with Gasteiger partial charge in [-0.15, -0.1) is 0 Å². The number of carbonyl (C=O) groups excluding carboxylic acids is 1. The van der Waals surface area contributed by atoms with Gasteiger partial charge in [-0.05, 0) is 24.6 Å². The molecule has 0 spiro atoms. The summed E-state index contributed by atoms with van der Waals surface area (Å²) in [6, 6.07) is 4.57. The Hall–Kier alpha value is -2.12. The van der Waals surface area contributed by atoms with E-state index < -0.39 is 18.2 Å². The number of esters is 1. The Kier molecular flexibility index (Phi) is 3.68. The topological polar surface area (TPSA) is 119 Å². The smallest absolute Gasteiger partial charge is 0.338 e. The van der Waals surface area contributed by atoms with Crippen molar-refractivity contribution in [3.63, 3.8) is 0 Å². The van der Waals surface area contributed by atoms with Crippen molar-refractivity contribution in [3.05, 3.63) is 23.8 Å². The summed E-state index contributed by atoms with van der Waals surface area (Å²) in [5, 5.41) is 23.7. The van der Waals surface area contributed by atoms with Gasteiger partial charge in [0.2, 0.25) is 0 Å². The lowest BCUT2D eigenvalue weighted by atomic mass is 10.0. The van der Waals surface area contributed by atoms with Crippen molar-refractivity contribution >= 4 is 22.8 Å². The van der Waals surface area contributed by atoms with Crippen molar-refractivity contribution in [1.82, 2.24) is 5.16 Å². The number of nitrogens with zero attached hydrogens (tertiary/aromatic N) is 1. The van der Waals surface area contributed by atoms with Crippen molar-refractivity contribution < 1.29 is 24.3 Å². The first-order valence-electron chi connectivity index (χ1n) is 5.72. The summed E-state index contributed by atoms with van der Waals surface area (Å²) in [6.45, 7) is 1.74. The molecule has 19 heavy (non-hydrogen) atoms. The third-order valence-electron chi connectivity index (χ3n) is 2.69. The van der Waals surface area contributed by atoms with Gasteiger partial charge in [0.25, 0.3) is 0 Å². The van der Waals surface area contributed by atoms with Gasteiger partial charge < -0.3 is 25.2 Å². The number of anilines is 1. The van der Waals surface area contributed by atoms with E-state index in [0.29, 0.717) is 16.5 Å². The van der Waals surface area contributed by atoms with Crippen LogP contribution in [0.1, 0.15) is 18.6 Å². The van der Waals surface area contributed by atoms with E-state index in [9.17, 15) is 15.0 Å².